The molecule has 0 spiro atoms. The summed E-state index contributed by atoms with van der Waals surface area (Å²) in [7, 11) is 0. The van der Waals surface area contributed by atoms with Crippen molar-refractivity contribution in [2.75, 3.05) is 18.4 Å². The second-order valence-electron chi connectivity index (χ2n) is 9.89. The van der Waals surface area contributed by atoms with E-state index >= 15 is 0 Å². The minimum Gasteiger partial charge on any atom is -0.333 e. The van der Waals surface area contributed by atoms with Gasteiger partial charge in [-0.25, -0.2) is 4.79 Å². The molecule has 170 valence electrons. The van der Waals surface area contributed by atoms with Gasteiger partial charge in [-0.05, 0) is 81.3 Å². The van der Waals surface area contributed by atoms with Crippen LogP contribution in [0.15, 0.2) is 42.5 Å². The van der Waals surface area contributed by atoms with Crippen molar-refractivity contribution in [2.45, 2.75) is 51.0 Å². The standard InChI is InChI=1S/C25H29Cl2N3O2/c1-24(2,3)29-23(32)30-11-5-7-17(15-30)25(14-16-6-4-8-18(26)12-16)20-10-9-19(27)13-21(20)28-22(25)31/h4,6,8-10,12-13,17H,5,7,11,14-15H2,1-3H3,(H,28,31)(H,29,32). The minimum absolute atomic E-state index is 0.0385. The molecule has 4 rings (SSSR count). The third-order valence-electron chi connectivity index (χ3n) is 6.38. The Morgan fingerprint density at radius 3 is 2.66 bits per heavy atom. The number of benzene rings is 2. The number of nitrogens with one attached hydrogen (secondary N) is 2. The lowest BCUT2D eigenvalue weighted by molar-refractivity contribution is -0.123. The molecule has 0 saturated carbocycles. The van der Waals surface area contributed by atoms with Crippen LogP contribution >= 0.6 is 23.2 Å². The zero-order chi connectivity index (χ0) is 23.1. The van der Waals surface area contributed by atoms with Gasteiger partial charge >= 0.3 is 6.03 Å². The first kappa shape index (κ1) is 22.9. The predicted octanol–water partition coefficient (Wildman–Crippen LogP) is 5.65. The molecule has 32 heavy (non-hydrogen) atoms. The van der Waals surface area contributed by atoms with E-state index in [1.165, 1.54) is 0 Å². The molecule has 2 aliphatic rings. The van der Waals surface area contributed by atoms with Gasteiger partial charge in [-0.15, -0.1) is 0 Å². The van der Waals surface area contributed by atoms with Crippen molar-refractivity contribution in [3.63, 3.8) is 0 Å². The van der Waals surface area contributed by atoms with Gasteiger partial charge in [-0.2, -0.15) is 0 Å². The average Bonchev–Trinajstić information content (AvgIpc) is 2.98. The van der Waals surface area contributed by atoms with Crippen LogP contribution in [0.2, 0.25) is 10.0 Å². The molecule has 0 bridgehead atoms. The summed E-state index contributed by atoms with van der Waals surface area (Å²) < 4.78 is 0. The molecule has 1 saturated heterocycles. The molecular formula is C25H29Cl2N3O2. The Kier molecular flexibility index (Phi) is 6.17. The molecule has 2 atom stereocenters. The lowest BCUT2D eigenvalue weighted by Gasteiger charge is -2.43. The highest BCUT2D eigenvalue weighted by Crippen LogP contribution is 2.49. The topological polar surface area (TPSA) is 61.4 Å². The number of urea groups is 1. The molecule has 0 aromatic heterocycles. The normalized spacial score (nSPS) is 23.0. The number of hydrogen-bond acceptors (Lipinski definition) is 2. The Balaban J connectivity index is 1.74. The number of piperidine rings is 1. The zero-order valence-corrected chi connectivity index (χ0v) is 20.2. The lowest BCUT2D eigenvalue weighted by atomic mass is 9.65. The molecule has 0 radical (unpaired) electrons. The SMILES string of the molecule is CC(C)(C)NC(=O)N1CCCC(C2(Cc3cccc(Cl)c3)C(=O)Nc3cc(Cl)ccc32)C1. The van der Waals surface area contributed by atoms with Crippen LogP contribution in [0.5, 0.6) is 0 Å². The maximum Gasteiger partial charge on any atom is 0.317 e. The monoisotopic (exact) mass is 473 g/mol. The van der Waals surface area contributed by atoms with Crippen molar-refractivity contribution in [2.24, 2.45) is 5.92 Å². The average molecular weight is 474 g/mol. The molecule has 3 amide bonds. The van der Waals surface area contributed by atoms with Crippen molar-refractivity contribution >= 4 is 40.8 Å². The Morgan fingerprint density at radius 1 is 1.19 bits per heavy atom. The molecule has 2 aromatic rings. The highest BCUT2D eigenvalue weighted by atomic mass is 35.5. The summed E-state index contributed by atoms with van der Waals surface area (Å²) >= 11 is 12.5. The van der Waals surface area contributed by atoms with E-state index < -0.39 is 5.41 Å². The summed E-state index contributed by atoms with van der Waals surface area (Å²) in [5.41, 5.74) is 1.56. The largest absolute Gasteiger partial charge is 0.333 e. The Hall–Kier alpha value is -2.24. The van der Waals surface area contributed by atoms with Crippen LogP contribution in [0, 0.1) is 5.92 Å². The summed E-state index contributed by atoms with van der Waals surface area (Å²) in [4.78, 5) is 28.4. The van der Waals surface area contributed by atoms with Crippen molar-refractivity contribution < 1.29 is 9.59 Å². The fourth-order valence-corrected chi connectivity index (χ4v) is 5.41. The maximum absolute atomic E-state index is 13.7. The van der Waals surface area contributed by atoms with E-state index in [4.69, 9.17) is 23.2 Å². The van der Waals surface area contributed by atoms with Crippen molar-refractivity contribution in [3.8, 4) is 0 Å². The second-order valence-corrected chi connectivity index (χ2v) is 10.8. The fourth-order valence-electron chi connectivity index (χ4n) is 5.02. The van der Waals surface area contributed by atoms with Gasteiger partial charge in [-0.3, -0.25) is 4.79 Å². The van der Waals surface area contributed by atoms with Crippen molar-refractivity contribution in [1.82, 2.24) is 10.2 Å². The first-order valence-electron chi connectivity index (χ1n) is 11.0. The van der Waals surface area contributed by atoms with Crippen LogP contribution in [0.1, 0.15) is 44.7 Å². The Morgan fingerprint density at radius 2 is 1.94 bits per heavy atom. The molecule has 2 N–H and O–H groups in total. The molecule has 1 fully saturated rings. The van der Waals surface area contributed by atoms with Gasteiger partial charge in [0.25, 0.3) is 0 Å². The molecular weight excluding hydrogens is 445 g/mol. The van der Waals surface area contributed by atoms with Crippen LogP contribution < -0.4 is 10.6 Å². The number of carbonyl (C=O) groups is 2. The first-order valence-corrected chi connectivity index (χ1v) is 11.8. The molecule has 7 heteroatoms. The van der Waals surface area contributed by atoms with Gasteiger partial charge in [0.15, 0.2) is 0 Å². The van der Waals surface area contributed by atoms with E-state index in [1.54, 1.807) is 6.07 Å². The molecule has 2 aromatic carbocycles. The van der Waals surface area contributed by atoms with E-state index in [0.29, 0.717) is 29.6 Å². The summed E-state index contributed by atoms with van der Waals surface area (Å²) in [6, 6.07) is 13.2. The van der Waals surface area contributed by atoms with Gasteiger partial charge < -0.3 is 15.5 Å². The van der Waals surface area contributed by atoms with Gasteiger partial charge in [0.1, 0.15) is 0 Å². The van der Waals surface area contributed by atoms with E-state index in [1.807, 2.05) is 62.1 Å². The second kappa shape index (κ2) is 8.60. The molecule has 0 aliphatic carbocycles. The number of rotatable bonds is 3. The number of amides is 3. The number of anilines is 1. The number of likely N-dealkylation sites (tertiary alicyclic amines) is 1. The van der Waals surface area contributed by atoms with E-state index in [9.17, 15) is 9.59 Å². The number of hydrogen-bond donors (Lipinski definition) is 2. The summed E-state index contributed by atoms with van der Waals surface area (Å²) in [6.07, 6.45) is 2.21. The fraction of sp³-hybridized carbons (Fsp3) is 0.440. The first-order chi connectivity index (χ1) is 15.1. The minimum atomic E-state index is -0.800. The molecule has 2 heterocycles. The third-order valence-corrected chi connectivity index (χ3v) is 6.85. The van der Waals surface area contributed by atoms with Crippen molar-refractivity contribution in [1.29, 1.82) is 0 Å². The van der Waals surface area contributed by atoms with E-state index in [2.05, 4.69) is 10.6 Å². The van der Waals surface area contributed by atoms with Crippen LogP contribution in [0.3, 0.4) is 0 Å². The predicted molar refractivity (Wildman–Crippen MR) is 129 cm³/mol. The Bertz CT molecular complexity index is 1050. The summed E-state index contributed by atoms with van der Waals surface area (Å²) in [5, 5.41) is 7.35. The van der Waals surface area contributed by atoms with Gasteiger partial charge in [0, 0.05) is 34.4 Å². The highest BCUT2D eigenvalue weighted by Gasteiger charge is 2.53. The Labute approximate surface area is 199 Å². The van der Waals surface area contributed by atoms with Gasteiger partial charge in [-0.1, -0.05) is 41.4 Å². The quantitative estimate of drug-likeness (QED) is 0.604. The molecule has 2 unspecified atom stereocenters. The third kappa shape index (κ3) is 4.46. The van der Waals surface area contributed by atoms with E-state index in [-0.39, 0.29) is 23.4 Å². The highest BCUT2D eigenvalue weighted by molar-refractivity contribution is 6.31. The number of fused-ring (bicyclic) bond motifs is 1. The van der Waals surface area contributed by atoms with E-state index in [0.717, 1.165) is 29.7 Å². The maximum atomic E-state index is 13.7. The van der Waals surface area contributed by atoms with Crippen molar-refractivity contribution in [3.05, 3.63) is 63.6 Å². The summed E-state index contributed by atoms with van der Waals surface area (Å²) in [6.45, 7) is 7.10. The zero-order valence-electron chi connectivity index (χ0n) is 18.7. The van der Waals surface area contributed by atoms with Crippen LogP contribution in [0.4, 0.5) is 10.5 Å². The van der Waals surface area contributed by atoms with Gasteiger partial charge in [0.05, 0.1) is 5.41 Å². The van der Waals surface area contributed by atoms with Gasteiger partial charge in [0.2, 0.25) is 5.91 Å². The summed E-state index contributed by atoms with van der Waals surface area (Å²) in [5.74, 6) is -0.0822. The van der Waals surface area contributed by atoms with Crippen LogP contribution in [-0.4, -0.2) is 35.5 Å². The molecule has 5 nitrogen and oxygen atoms in total. The molecule has 2 aliphatic heterocycles. The number of carbonyl (C=O) groups excluding carboxylic acids is 2. The lowest BCUT2D eigenvalue weighted by Crippen LogP contribution is -2.56. The number of halogens is 2. The smallest absolute Gasteiger partial charge is 0.317 e. The number of nitrogens with zero attached hydrogens (tertiary/aromatic N) is 1. The van der Waals surface area contributed by atoms with Crippen LogP contribution in [0.25, 0.3) is 0 Å². The van der Waals surface area contributed by atoms with Crippen LogP contribution in [-0.2, 0) is 16.6 Å².